The zero-order chi connectivity index (χ0) is 30.5. The molecule has 3 nitrogen and oxygen atoms in total. The highest BCUT2D eigenvalue weighted by molar-refractivity contribution is 5.72. The molecule has 0 aromatic heterocycles. The fourth-order valence-electron chi connectivity index (χ4n) is 7.79. The van der Waals surface area contributed by atoms with E-state index in [0.29, 0.717) is 29.9 Å². The standard InChI is InChI=1S/C40H52O3/c1-4-6-7-8-9-10-11-12-13-14-15-16-17-18-19-20-21-22-38(41)43-33-24-26-34-32(31-33)23-25-36-35(34)27-29-39(3)37(36)28-30-40(39,42)5-2/h2,6-7,9-10,12-13,15-16,18-19,24,26,31,35-37,42H,4,8,11,14,17,20-23,25,27-30H2,1,3H3/t35-,36-,37+,39+,40+/m1/s1. The molecule has 3 aliphatic carbocycles. The number of carbonyl (C=O) groups is 1. The van der Waals surface area contributed by atoms with Gasteiger partial charge >= 0.3 is 5.97 Å². The van der Waals surface area contributed by atoms with Gasteiger partial charge < -0.3 is 9.84 Å². The van der Waals surface area contributed by atoms with Gasteiger partial charge in [-0.2, -0.15) is 0 Å². The van der Waals surface area contributed by atoms with E-state index < -0.39 is 5.60 Å². The summed E-state index contributed by atoms with van der Waals surface area (Å²) >= 11 is 0. The first-order valence-electron chi connectivity index (χ1n) is 16.7. The zero-order valence-electron chi connectivity index (χ0n) is 26.5. The largest absolute Gasteiger partial charge is 0.427 e. The average molecular weight is 581 g/mol. The number of hydrogen-bond acceptors (Lipinski definition) is 3. The Morgan fingerprint density at radius 3 is 2.26 bits per heavy atom. The van der Waals surface area contributed by atoms with Gasteiger partial charge in [0, 0.05) is 11.8 Å². The zero-order valence-corrected chi connectivity index (χ0v) is 26.5. The second-order valence-corrected chi connectivity index (χ2v) is 12.8. The number of aryl methyl sites for hydroxylation is 1. The van der Waals surface area contributed by atoms with Crippen molar-refractivity contribution in [3.8, 4) is 18.1 Å². The van der Waals surface area contributed by atoms with Crippen LogP contribution >= 0.6 is 0 Å². The molecule has 0 radical (unpaired) electrons. The predicted octanol–water partition coefficient (Wildman–Crippen LogP) is 9.73. The lowest BCUT2D eigenvalue weighted by Gasteiger charge is -2.52. The van der Waals surface area contributed by atoms with E-state index in [1.54, 1.807) is 0 Å². The Morgan fingerprint density at radius 2 is 1.60 bits per heavy atom. The maximum atomic E-state index is 12.5. The summed E-state index contributed by atoms with van der Waals surface area (Å²) in [5.41, 5.74) is 1.59. The number of esters is 1. The molecule has 0 amide bonds. The van der Waals surface area contributed by atoms with Crippen LogP contribution in [0.5, 0.6) is 5.75 Å². The van der Waals surface area contributed by atoms with Crippen molar-refractivity contribution < 1.29 is 14.6 Å². The molecule has 0 heterocycles. The van der Waals surface area contributed by atoms with Crippen molar-refractivity contribution in [2.45, 2.75) is 115 Å². The maximum Gasteiger partial charge on any atom is 0.311 e. The minimum Gasteiger partial charge on any atom is -0.427 e. The summed E-state index contributed by atoms with van der Waals surface area (Å²) in [6.07, 6.45) is 40.7. The van der Waals surface area contributed by atoms with Crippen molar-refractivity contribution in [1.29, 1.82) is 0 Å². The molecule has 0 saturated heterocycles. The van der Waals surface area contributed by atoms with Crippen LogP contribution < -0.4 is 4.74 Å². The Balaban J connectivity index is 1.12. The molecule has 0 unspecified atom stereocenters. The first-order valence-corrected chi connectivity index (χ1v) is 16.7. The minimum atomic E-state index is -0.964. The van der Waals surface area contributed by atoms with E-state index in [1.165, 1.54) is 11.1 Å². The molecule has 2 fully saturated rings. The number of hydrogen-bond donors (Lipinski definition) is 1. The van der Waals surface area contributed by atoms with Gasteiger partial charge in [0.2, 0.25) is 0 Å². The third-order valence-electron chi connectivity index (χ3n) is 10.2. The molecule has 3 heteroatoms. The van der Waals surface area contributed by atoms with E-state index in [2.05, 4.69) is 92.7 Å². The van der Waals surface area contributed by atoms with Crippen molar-refractivity contribution in [1.82, 2.24) is 0 Å². The molecule has 0 spiro atoms. The third-order valence-corrected chi connectivity index (χ3v) is 10.2. The Hall–Kier alpha value is -3.09. The minimum absolute atomic E-state index is 0.158. The summed E-state index contributed by atoms with van der Waals surface area (Å²) in [5, 5.41) is 11.2. The molecule has 230 valence electrons. The summed E-state index contributed by atoms with van der Waals surface area (Å²) in [7, 11) is 0. The van der Waals surface area contributed by atoms with Gasteiger partial charge in [-0.3, -0.25) is 4.79 Å². The molecule has 1 aromatic carbocycles. The lowest BCUT2D eigenvalue weighted by molar-refractivity contribution is -0.134. The van der Waals surface area contributed by atoms with Crippen LogP contribution in [0.4, 0.5) is 0 Å². The Labute approximate surface area is 260 Å². The second-order valence-electron chi connectivity index (χ2n) is 12.8. The number of benzene rings is 1. The molecule has 1 N–H and O–H groups in total. The Morgan fingerprint density at radius 1 is 0.953 bits per heavy atom. The van der Waals surface area contributed by atoms with Crippen LogP contribution in [0.3, 0.4) is 0 Å². The monoisotopic (exact) mass is 580 g/mol. The number of ether oxygens (including phenoxy) is 1. The molecule has 2 saturated carbocycles. The highest BCUT2D eigenvalue weighted by atomic mass is 16.5. The Kier molecular flexibility index (Phi) is 12.3. The van der Waals surface area contributed by atoms with Crippen LogP contribution in [0.25, 0.3) is 0 Å². The smallest absolute Gasteiger partial charge is 0.311 e. The number of fused-ring (bicyclic) bond motifs is 5. The van der Waals surface area contributed by atoms with Crippen LogP contribution in [-0.4, -0.2) is 16.7 Å². The lowest BCUT2D eigenvalue weighted by Crippen LogP contribution is -2.50. The number of rotatable bonds is 14. The van der Waals surface area contributed by atoms with Gasteiger partial charge in [0.05, 0.1) is 0 Å². The fraction of sp³-hybridized carbons (Fsp3) is 0.525. The van der Waals surface area contributed by atoms with E-state index >= 15 is 0 Å². The Bertz CT molecular complexity index is 1260. The van der Waals surface area contributed by atoms with E-state index in [-0.39, 0.29) is 11.4 Å². The van der Waals surface area contributed by atoms with E-state index in [4.69, 9.17) is 11.2 Å². The highest BCUT2D eigenvalue weighted by Gasteiger charge is 2.61. The van der Waals surface area contributed by atoms with Crippen LogP contribution in [0.15, 0.2) is 79.0 Å². The molecule has 5 atom stereocenters. The van der Waals surface area contributed by atoms with Crippen LogP contribution in [0.1, 0.15) is 114 Å². The summed E-state index contributed by atoms with van der Waals surface area (Å²) in [6.45, 7) is 4.38. The van der Waals surface area contributed by atoms with Gasteiger partial charge in [0.25, 0.3) is 0 Å². The van der Waals surface area contributed by atoms with Crippen molar-refractivity contribution in [3.63, 3.8) is 0 Å². The summed E-state index contributed by atoms with van der Waals surface area (Å²) in [5.74, 6) is 4.82. The number of unbranched alkanes of at least 4 members (excludes halogenated alkanes) is 1. The van der Waals surface area contributed by atoms with Gasteiger partial charge in [0.1, 0.15) is 11.4 Å². The number of carbonyl (C=O) groups excluding carboxylic acids is 1. The van der Waals surface area contributed by atoms with Gasteiger partial charge in [-0.1, -0.05) is 86.6 Å². The molecule has 0 bridgehead atoms. The number of terminal acetylenes is 1. The summed E-state index contributed by atoms with van der Waals surface area (Å²) in [6, 6.07) is 6.26. The van der Waals surface area contributed by atoms with Gasteiger partial charge in [-0.25, -0.2) is 0 Å². The fourth-order valence-corrected chi connectivity index (χ4v) is 7.79. The number of aliphatic hydroxyl groups is 1. The van der Waals surface area contributed by atoms with Gasteiger partial charge in [0.15, 0.2) is 0 Å². The quantitative estimate of drug-likeness (QED) is 0.0783. The van der Waals surface area contributed by atoms with Crippen molar-refractivity contribution in [2.75, 3.05) is 0 Å². The van der Waals surface area contributed by atoms with E-state index in [0.717, 1.165) is 83.5 Å². The maximum absolute atomic E-state index is 12.5. The third kappa shape index (κ3) is 8.30. The van der Waals surface area contributed by atoms with E-state index in [1.807, 2.05) is 6.07 Å². The molecular weight excluding hydrogens is 528 g/mol. The van der Waals surface area contributed by atoms with Crippen molar-refractivity contribution >= 4 is 5.97 Å². The topological polar surface area (TPSA) is 46.5 Å². The van der Waals surface area contributed by atoms with Crippen LogP contribution in [-0.2, 0) is 11.2 Å². The lowest BCUT2D eigenvalue weighted by atomic mass is 9.53. The highest BCUT2D eigenvalue weighted by Crippen LogP contribution is 2.64. The normalized spacial score (nSPS) is 28.6. The van der Waals surface area contributed by atoms with E-state index in [9.17, 15) is 9.90 Å². The van der Waals surface area contributed by atoms with Gasteiger partial charge in [-0.15, -0.1) is 6.42 Å². The summed E-state index contributed by atoms with van der Waals surface area (Å²) in [4.78, 5) is 12.5. The summed E-state index contributed by atoms with van der Waals surface area (Å²) < 4.78 is 5.73. The molecule has 3 aliphatic rings. The van der Waals surface area contributed by atoms with Crippen LogP contribution in [0, 0.1) is 29.6 Å². The molecule has 43 heavy (non-hydrogen) atoms. The first kappa shape index (κ1) is 32.8. The predicted molar refractivity (Wildman–Crippen MR) is 179 cm³/mol. The second kappa shape index (κ2) is 16.1. The SMILES string of the molecule is C#C[C@]1(O)CC[C@H]2[C@@H]3CCc4cc(OC(=O)CCCC=CCC=CCC=CCC=CCC=CCC)ccc4[C@H]3CC[C@@]21C. The van der Waals surface area contributed by atoms with Gasteiger partial charge in [-0.05, 0) is 124 Å². The molecule has 1 aromatic rings. The van der Waals surface area contributed by atoms with Crippen LogP contribution in [0.2, 0.25) is 0 Å². The first-order chi connectivity index (χ1) is 20.9. The van der Waals surface area contributed by atoms with Crippen molar-refractivity contribution in [3.05, 3.63) is 90.1 Å². The molecule has 0 aliphatic heterocycles. The van der Waals surface area contributed by atoms with Crippen molar-refractivity contribution in [2.24, 2.45) is 17.3 Å². The molecular formula is C40H52O3. The average Bonchev–Trinajstić information content (AvgIpc) is 3.29. The molecule has 4 rings (SSSR count). The number of allylic oxidation sites excluding steroid dienone is 10.